The molecule has 1 aliphatic heterocycles. The van der Waals surface area contributed by atoms with Gasteiger partial charge in [0.25, 0.3) is 0 Å². The molecule has 0 radical (unpaired) electrons. The van der Waals surface area contributed by atoms with Gasteiger partial charge in [0.1, 0.15) is 0 Å². The van der Waals surface area contributed by atoms with Gasteiger partial charge in [0.15, 0.2) is 0 Å². The fourth-order valence-electron chi connectivity index (χ4n) is 3.00. The van der Waals surface area contributed by atoms with Crippen molar-refractivity contribution in [2.24, 2.45) is 11.3 Å². The van der Waals surface area contributed by atoms with Gasteiger partial charge in [-0.05, 0) is 31.1 Å². The Bertz CT molecular complexity index is 299. The van der Waals surface area contributed by atoms with Gasteiger partial charge in [-0.25, -0.2) is 0 Å². The molecule has 2 aliphatic rings. The summed E-state index contributed by atoms with van der Waals surface area (Å²) >= 11 is 0. The topological polar surface area (TPSA) is 32.3 Å². The zero-order valence-corrected chi connectivity index (χ0v) is 11.6. The Balaban J connectivity index is 2.01. The average molecular weight is 238 g/mol. The Labute approximate surface area is 105 Å². The fourth-order valence-corrected chi connectivity index (χ4v) is 3.00. The molecule has 1 saturated heterocycles. The third-order valence-corrected chi connectivity index (χ3v) is 4.76. The minimum absolute atomic E-state index is 0.0404. The van der Waals surface area contributed by atoms with E-state index in [0.29, 0.717) is 17.2 Å². The van der Waals surface area contributed by atoms with E-state index in [1.807, 2.05) is 0 Å². The van der Waals surface area contributed by atoms with E-state index in [9.17, 15) is 4.79 Å². The summed E-state index contributed by atoms with van der Waals surface area (Å²) in [5, 5.41) is 3.45. The third kappa shape index (κ3) is 2.35. The van der Waals surface area contributed by atoms with E-state index in [1.165, 1.54) is 19.3 Å². The highest BCUT2D eigenvalue weighted by Gasteiger charge is 2.43. The Morgan fingerprint density at radius 3 is 2.65 bits per heavy atom. The predicted octanol–water partition coefficient (Wildman–Crippen LogP) is 2.37. The fraction of sp³-hybridized carbons (Fsp3) is 0.929. The molecule has 17 heavy (non-hydrogen) atoms. The molecule has 98 valence electrons. The first-order valence-electron chi connectivity index (χ1n) is 7.03. The largest absolute Gasteiger partial charge is 0.326 e. The van der Waals surface area contributed by atoms with Gasteiger partial charge in [-0.3, -0.25) is 10.1 Å². The molecule has 2 rings (SSSR count). The molecule has 3 nitrogen and oxygen atoms in total. The Morgan fingerprint density at radius 2 is 2.18 bits per heavy atom. The number of hydrogen-bond acceptors (Lipinski definition) is 2. The summed E-state index contributed by atoms with van der Waals surface area (Å²) in [6, 6.07) is 0.0404. The van der Waals surface area contributed by atoms with Gasteiger partial charge in [-0.1, -0.05) is 33.6 Å². The molecule has 1 amide bonds. The van der Waals surface area contributed by atoms with E-state index in [-0.39, 0.29) is 12.2 Å². The van der Waals surface area contributed by atoms with Crippen molar-refractivity contribution in [2.75, 3.05) is 6.54 Å². The third-order valence-electron chi connectivity index (χ3n) is 4.76. The first-order valence-corrected chi connectivity index (χ1v) is 7.03. The lowest BCUT2D eigenvalue weighted by atomic mass is 9.70. The molecule has 1 aliphatic carbocycles. The van der Waals surface area contributed by atoms with Crippen molar-refractivity contribution in [3.63, 3.8) is 0 Å². The van der Waals surface area contributed by atoms with Crippen LogP contribution in [0.4, 0.5) is 0 Å². The maximum atomic E-state index is 12.4. The van der Waals surface area contributed by atoms with Gasteiger partial charge >= 0.3 is 0 Å². The van der Waals surface area contributed by atoms with Crippen LogP contribution in [0.3, 0.4) is 0 Å². The Morgan fingerprint density at radius 1 is 1.53 bits per heavy atom. The SMILES string of the molecule is CCC(C)C1NC(C)N(CC2(C)CCC2)C1=O. The molecule has 0 aromatic carbocycles. The molecule has 1 heterocycles. The highest BCUT2D eigenvalue weighted by molar-refractivity contribution is 5.84. The highest BCUT2D eigenvalue weighted by Crippen LogP contribution is 2.41. The summed E-state index contributed by atoms with van der Waals surface area (Å²) in [4.78, 5) is 14.5. The Hall–Kier alpha value is -0.570. The van der Waals surface area contributed by atoms with Crippen molar-refractivity contribution in [3.8, 4) is 0 Å². The summed E-state index contributed by atoms with van der Waals surface area (Å²) in [6.07, 6.45) is 5.14. The van der Waals surface area contributed by atoms with Crippen LogP contribution in [-0.4, -0.2) is 29.6 Å². The van der Waals surface area contributed by atoms with E-state index in [0.717, 1.165) is 13.0 Å². The van der Waals surface area contributed by atoms with Crippen LogP contribution in [0.1, 0.15) is 53.4 Å². The van der Waals surface area contributed by atoms with Crippen molar-refractivity contribution in [3.05, 3.63) is 0 Å². The molecule has 0 spiro atoms. The zero-order chi connectivity index (χ0) is 12.6. The van der Waals surface area contributed by atoms with Crippen molar-refractivity contribution < 1.29 is 4.79 Å². The number of nitrogens with zero attached hydrogens (tertiary/aromatic N) is 1. The predicted molar refractivity (Wildman–Crippen MR) is 69.5 cm³/mol. The lowest BCUT2D eigenvalue weighted by molar-refractivity contribution is -0.133. The van der Waals surface area contributed by atoms with E-state index in [2.05, 4.69) is 37.9 Å². The van der Waals surface area contributed by atoms with Gasteiger partial charge in [-0.15, -0.1) is 0 Å². The molecular weight excluding hydrogens is 212 g/mol. The first-order chi connectivity index (χ1) is 7.97. The first kappa shape index (κ1) is 12.9. The average Bonchev–Trinajstić information content (AvgIpc) is 2.53. The van der Waals surface area contributed by atoms with Crippen molar-refractivity contribution in [2.45, 2.75) is 65.6 Å². The molecule has 0 bridgehead atoms. The van der Waals surface area contributed by atoms with Crippen molar-refractivity contribution in [1.82, 2.24) is 10.2 Å². The minimum Gasteiger partial charge on any atom is -0.326 e. The van der Waals surface area contributed by atoms with E-state index in [1.54, 1.807) is 0 Å². The number of rotatable bonds is 4. The quantitative estimate of drug-likeness (QED) is 0.815. The van der Waals surface area contributed by atoms with Crippen LogP contribution >= 0.6 is 0 Å². The number of amides is 1. The summed E-state index contributed by atoms with van der Waals surface area (Å²) in [7, 11) is 0. The maximum Gasteiger partial charge on any atom is 0.241 e. The smallest absolute Gasteiger partial charge is 0.241 e. The van der Waals surface area contributed by atoms with Gasteiger partial charge < -0.3 is 4.90 Å². The molecule has 3 heteroatoms. The van der Waals surface area contributed by atoms with Crippen LogP contribution in [0.2, 0.25) is 0 Å². The summed E-state index contributed by atoms with van der Waals surface area (Å²) in [5.74, 6) is 0.754. The maximum absolute atomic E-state index is 12.4. The van der Waals surface area contributed by atoms with Crippen molar-refractivity contribution in [1.29, 1.82) is 0 Å². The number of hydrogen-bond donors (Lipinski definition) is 1. The standard InChI is InChI=1S/C14H26N2O/c1-5-10(2)12-13(17)16(11(3)15-12)9-14(4)7-6-8-14/h10-12,15H,5-9H2,1-4H3. The molecule has 0 aromatic heterocycles. The lowest BCUT2D eigenvalue weighted by Gasteiger charge is -2.42. The summed E-state index contributed by atoms with van der Waals surface area (Å²) in [6.45, 7) is 9.68. The highest BCUT2D eigenvalue weighted by atomic mass is 16.2. The molecule has 3 atom stereocenters. The summed E-state index contributed by atoms with van der Waals surface area (Å²) < 4.78 is 0. The molecule has 0 aromatic rings. The molecule has 1 saturated carbocycles. The second kappa shape index (κ2) is 4.60. The molecular formula is C14H26N2O. The van der Waals surface area contributed by atoms with Crippen molar-refractivity contribution >= 4 is 5.91 Å². The number of nitrogens with one attached hydrogen (secondary N) is 1. The minimum atomic E-state index is 0.0404. The normalized spacial score (nSPS) is 33.6. The van der Waals surface area contributed by atoms with Crippen LogP contribution in [0, 0.1) is 11.3 Å². The monoisotopic (exact) mass is 238 g/mol. The van der Waals surface area contributed by atoms with E-state index in [4.69, 9.17) is 0 Å². The van der Waals surface area contributed by atoms with E-state index >= 15 is 0 Å². The van der Waals surface area contributed by atoms with Gasteiger partial charge in [-0.2, -0.15) is 0 Å². The van der Waals surface area contributed by atoms with Gasteiger partial charge in [0, 0.05) is 6.54 Å². The second-order valence-corrected chi connectivity index (χ2v) is 6.34. The summed E-state index contributed by atoms with van der Waals surface area (Å²) in [5.41, 5.74) is 0.385. The van der Waals surface area contributed by atoms with Crippen LogP contribution < -0.4 is 5.32 Å². The molecule has 3 unspecified atom stereocenters. The Kier molecular flexibility index (Phi) is 3.48. The number of carbonyl (C=O) groups excluding carboxylic acids is 1. The lowest BCUT2D eigenvalue weighted by Crippen LogP contribution is -2.45. The zero-order valence-electron chi connectivity index (χ0n) is 11.6. The van der Waals surface area contributed by atoms with Crippen LogP contribution in [0.15, 0.2) is 0 Å². The van der Waals surface area contributed by atoms with Crippen LogP contribution in [-0.2, 0) is 4.79 Å². The van der Waals surface area contributed by atoms with Gasteiger partial charge in [0.2, 0.25) is 5.91 Å². The number of carbonyl (C=O) groups is 1. The van der Waals surface area contributed by atoms with Crippen LogP contribution in [0.5, 0.6) is 0 Å². The second-order valence-electron chi connectivity index (χ2n) is 6.34. The molecule has 1 N–H and O–H groups in total. The van der Waals surface area contributed by atoms with Gasteiger partial charge in [0.05, 0.1) is 12.2 Å². The van der Waals surface area contributed by atoms with Crippen LogP contribution in [0.25, 0.3) is 0 Å². The van der Waals surface area contributed by atoms with E-state index < -0.39 is 0 Å². The molecule has 2 fully saturated rings.